The van der Waals surface area contributed by atoms with Crippen LogP contribution in [0.1, 0.15) is 24.8 Å². The number of nitrogens with two attached hydrogens (primary N) is 1. The summed E-state index contributed by atoms with van der Waals surface area (Å²) in [5, 5.41) is 0. The Bertz CT molecular complexity index is 468. The van der Waals surface area contributed by atoms with Gasteiger partial charge in [-0.25, -0.2) is 0 Å². The highest BCUT2D eigenvalue weighted by Crippen LogP contribution is 2.37. The molecule has 0 unspecified atom stereocenters. The van der Waals surface area contributed by atoms with Crippen molar-refractivity contribution in [3.8, 4) is 0 Å². The van der Waals surface area contributed by atoms with Crippen LogP contribution in [0.5, 0.6) is 0 Å². The molecule has 4 nitrogen and oxygen atoms in total. The van der Waals surface area contributed by atoms with Gasteiger partial charge in [0.2, 0.25) is 0 Å². The van der Waals surface area contributed by atoms with Gasteiger partial charge in [0, 0.05) is 30.9 Å². The predicted octanol–water partition coefficient (Wildman–Crippen LogP) is 1.64. The van der Waals surface area contributed by atoms with Crippen LogP contribution in [0.4, 0.5) is 5.69 Å². The maximum absolute atomic E-state index is 5.79. The summed E-state index contributed by atoms with van der Waals surface area (Å²) >= 11 is 5.12. The Morgan fingerprint density at radius 2 is 2.11 bits per heavy atom. The highest BCUT2D eigenvalue weighted by atomic mass is 32.1. The van der Waals surface area contributed by atoms with Crippen LogP contribution < -0.4 is 10.6 Å². The first kappa shape index (κ1) is 14.2. The van der Waals surface area contributed by atoms with Crippen LogP contribution in [-0.4, -0.2) is 48.1 Å². The highest BCUT2D eigenvalue weighted by molar-refractivity contribution is 7.80. The van der Waals surface area contributed by atoms with Gasteiger partial charge in [-0.15, -0.1) is 0 Å². The lowest BCUT2D eigenvalue weighted by atomic mass is 9.75. The van der Waals surface area contributed by atoms with E-state index in [4.69, 9.17) is 18.0 Å². The van der Waals surface area contributed by atoms with E-state index in [0.717, 1.165) is 17.8 Å². The lowest BCUT2D eigenvalue weighted by Gasteiger charge is -2.49. The molecule has 1 aromatic heterocycles. The van der Waals surface area contributed by atoms with E-state index in [2.05, 4.69) is 35.9 Å². The van der Waals surface area contributed by atoms with Gasteiger partial charge in [0.25, 0.3) is 0 Å². The summed E-state index contributed by atoms with van der Waals surface area (Å²) in [5.41, 5.74) is 7.99. The SMILES string of the molecule is CN(CC1(N(C)C)CCC1)c1cnccc1C(N)=S. The monoisotopic (exact) mass is 278 g/mol. The number of likely N-dealkylation sites (N-methyl/N-ethyl adjacent to an activating group) is 2. The molecule has 0 aliphatic heterocycles. The Hall–Kier alpha value is -1.20. The van der Waals surface area contributed by atoms with Gasteiger partial charge in [-0.3, -0.25) is 4.98 Å². The lowest BCUT2D eigenvalue weighted by molar-refractivity contribution is 0.0683. The largest absolute Gasteiger partial charge is 0.389 e. The molecule has 1 heterocycles. The van der Waals surface area contributed by atoms with Crippen molar-refractivity contribution >= 4 is 22.9 Å². The zero-order chi connectivity index (χ0) is 14.0. The van der Waals surface area contributed by atoms with Gasteiger partial charge in [-0.1, -0.05) is 12.2 Å². The van der Waals surface area contributed by atoms with Gasteiger partial charge in [0.05, 0.1) is 11.9 Å². The van der Waals surface area contributed by atoms with Crippen LogP contribution in [0, 0.1) is 0 Å². The van der Waals surface area contributed by atoms with Gasteiger partial charge >= 0.3 is 0 Å². The average molecular weight is 278 g/mol. The Labute approximate surface area is 120 Å². The maximum Gasteiger partial charge on any atom is 0.106 e. The van der Waals surface area contributed by atoms with Gasteiger partial charge < -0.3 is 15.5 Å². The maximum atomic E-state index is 5.79. The molecule has 2 N–H and O–H groups in total. The molecule has 0 spiro atoms. The van der Waals surface area contributed by atoms with Crippen LogP contribution in [0.2, 0.25) is 0 Å². The minimum Gasteiger partial charge on any atom is -0.389 e. The third kappa shape index (κ3) is 2.72. The fourth-order valence-electron chi connectivity index (χ4n) is 2.76. The molecule has 1 aliphatic rings. The van der Waals surface area contributed by atoms with Crippen molar-refractivity contribution in [1.29, 1.82) is 0 Å². The fourth-order valence-corrected chi connectivity index (χ4v) is 2.93. The molecule has 0 radical (unpaired) electrons. The van der Waals surface area contributed by atoms with Gasteiger partial charge in [-0.05, 0) is 39.4 Å². The summed E-state index contributed by atoms with van der Waals surface area (Å²) in [6, 6.07) is 1.89. The van der Waals surface area contributed by atoms with Crippen molar-refractivity contribution in [2.75, 3.05) is 32.6 Å². The number of hydrogen-bond acceptors (Lipinski definition) is 4. The molecular formula is C14H22N4S. The van der Waals surface area contributed by atoms with Crippen molar-refractivity contribution in [3.63, 3.8) is 0 Å². The summed E-state index contributed by atoms with van der Waals surface area (Å²) < 4.78 is 0. The highest BCUT2D eigenvalue weighted by Gasteiger charge is 2.40. The first-order valence-electron chi connectivity index (χ1n) is 6.59. The van der Waals surface area contributed by atoms with E-state index in [1.54, 1.807) is 6.20 Å². The summed E-state index contributed by atoms with van der Waals surface area (Å²) in [6.07, 6.45) is 7.37. The Morgan fingerprint density at radius 1 is 1.42 bits per heavy atom. The Kier molecular flexibility index (Phi) is 4.06. The smallest absolute Gasteiger partial charge is 0.106 e. The summed E-state index contributed by atoms with van der Waals surface area (Å²) in [4.78, 5) is 9.18. The second kappa shape index (κ2) is 5.43. The van der Waals surface area contributed by atoms with Crippen molar-refractivity contribution in [1.82, 2.24) is 9.88 Å². The zero-order valence-corrected chi connectivity index (χ0v) is 12.7. The second-order valence-corrected chi connectivity index (χ2v) is 6.03. The number of hydrogen-bond donors (Lipinski definition) is 1. The zero-order valence-electron chi connectivity index (χ0n) is 11.9. The molecule has 1 saturated carbocycles. The standard InChI is InChI=1S/C14H22N4S/c1-17(2)14(6-4-7-14)10-18(3)12-9-16-8-5-11(12)13(15)19/h5,8-9H,4,6-7,10H2,1-3H3,(H2,15,19). The quantitative estimate of drug-likeness (QED) is 0.830. The van der Waals surface area contributed by atoms with E-state index < -0.39 is 0 Å². The van der Waals surface area contributed by atoms with Crippen LogP contribution >= 0.6 is 12.2 Å². The fraction of sp³-hybridized carbons (Fsp3) is 0.571. The van der Waals surface area contributed by atoms with Gasteiger partial charge in [0.15, 0.2) is 0 Å². The van der Waals surface area contributed by atoms with Crippen LogP contribution in [0.15, 0.2) is 18.5 Å². The van der Waals surface area contributed by atoms with Crippen LogP contribution in [-0.2, 0) is 0 Å². The molecule has 2 rings (SSSR count). The van der Waals surface area contributed by atoms with Crippen LogP contribution in [0.3, 0.4) is 0 Å². The minimum absolute atomic E-state index is 0.276. The van der Waals surface area contributed by atoms with Crippen molar-refractivity contribution in [2.24, 2.45) is 5.73 Å². The second-order valence-electron chi connectivity index (χ2n) is 5.59. The number of pyridine rings is 1. The third-order valence-corrected chi connectivity index (χ3v) is 4.46. The minimum atomic E-state index is 0.276. The van der Waals surface area contributed by atoms with Gasteiger partial charge in [0.1, 0.15) is 4.99 Å². The molecule has 0 saturated heterocycles. The van der Waals surface area contributed by atoms with Crippen LogP contribution in [0.25, 0.3) is 0 Å². The molecule has 1 aliphatic carbocycles. The molecule has 0 aromatic carbocycles. The van der Waals surface area contributed by atoms with E-state index in [9.17, 15) is 0 Å². The van der Waals surface area contributed by atoms with E-state index in [-0.39, 0.29) is 5.54 Å². The summed E-state index contributed by atoms with van der Waals surface area (Å²) in [5.74, 6) is 0. The van der Waals surface area contributed by atoms with E-state index in [1.807, 2.05) is 12.3 Å². The van der Waals surface area contributed by atoms with E-state index in [1.165, 1.54) is 19.3 Å². The lowest BCUT2D eigenvalue weighted by Crippen LogP contribution is -2.56. The summed E-state index contributed by atoms with van der Waals surface area (Å²) in [7, 11) is 6.40. The molecular weight excluding hydrogens is 256 g/mol. The third-order valence-electron chi connectivity index (χ3n) is 4.24. The predicted molar refractivity (Wildman–Crippen MR) is 83.7 cm³/mol. The number of aromatic nitrogens is 1. The molecule has 19 heavy (non-hydrogen) atoms. The normalized spacial score (nSPS) is 17.1. The van der Waals surface area contributed by atoms with Crippen molar-refractivity contribution in [2.45, 2.75) is 24.8 Å². The van der Waals surface area contributed by atoms with E-state index in [0.29, 0.717) is 4.99 Å². The molecule has 0 amide bonds. The first-order chi connectivity index (χ1) is 8.96. The molecule has 5 heteroatoms. The first-order valence-corrected chi connectivity index (χ1v) is 6.99. The topological polar surface area (TPSA) is 45.4 Å². The number of rotatable bonds is 5. The summed E-state index contributed by atoms with van der Waals surface area (Å²) in [6.45, 7) is 0.974. The average Bonchev–Trinajstić information content (AvgIpc) is 2.33. The molecule has 0 bridgehead atoms. The molecule has 0 atom stereocenters. The number of anilines is 1. The van der Waals surface area contributed by atoms with Crippen molar-refractivity contribution < 1.29 is 0 Å². The van der Waals surface area contributed by atoms with Gasteiger partial charge in [-0.2, -0.15) is 0 Å². The number of nitrogens with zero attached hydrogens (tertiary/aromatic N) is 3. The Morgan fingerprint density at radius 3 is 2.58 bits per heavy atom. The van der Waals surface area contributed by atoms with E-state index >= 15 is 0 Å². The number of thiocarbonyl (C=S) groups is 1. The van der Waals surface area contributed by atoms with Crippen molar-refractivity contribution in [3.05, 3.63) is 24.0 Å². The Balaban J connectivity index is 2.20. The molecule has 1 fully saturated rings. The molecule has 1 aromatic rings. The molecule has 104 valence electrons.